The van der Waals surface area contributed by atoms with Gasteiger partial charge in [-0.2, -0.15) is 9.61 Å². The van der Waals surface area contributed by atoms with Crippen molar-refractivity contribution in [3.8, 4) is 22.8 Å². The zero-order valence-corrected chi connectivity index (χ0v) is 14.7. The number of fused-ring (bicyclic) bond motifs is 1. The molecule has 2 N–H and O–H groups in total. The number of aromatic amines is 1. The topological polar surface area (TPSA) is 92.5 Å². The van der Waals surface area contributed by atoms with Gasteiger partial charge in [0.05, 0.1) is 17.9 Å². The van der Waals surface area contributed by atoms with Gasteiger partial charge in [-0.1, -0.05) is 24.3 Å². The number of nitrogens with zero attached hydrogens (tertiary/aromatic N) is 3. The van der Waals surface area contributed by atoms with Crippen molar-refractivity contribution in [2.24, 2.45) is 0 Å². The largest absolute Gasteiger partial charge is 0.493 e. The Morgan fingerprint density at radius 3 is 2.74 bits per heavy atom. The van der Waals surface area contributed by atoms with E-state index in [1.165, 1.54) is 4.52 Å². The van der Waals surface area contributed by atoms with E-state index in [0.717, 1.165) is 11.1 Å². The second kappa shape index (κ2) is 6.95. The Kier molecular flexibility index (Phi) is 4.33. The molecule has 4 rings (SSSR count). The third-order valence-electron chi connectivity index (χ3n) is 4.35. The van der Waals surface area contributed by atoms with E-state index in [2.05, 4.69) is 15.1 Å². The Bertz CT molecular complexity index is 1130. The normalized spacial score (nSPS) is 11.0. The Morgan fingerprint density at radius 1 is 1.19 bits per heavy atom. The first-order valence-corrected chi connectivity index (χ1v) is 8.57. The summed E-state index contributed by atoms with van der Waals surface area (Å²) >= 11 is 0. The van der Waals surface area contributed by atoms with Gasteiger partial charge < -0.3 is 14.8 Å². The molecule has 1 aromatic carbocycles. The van der Waals surface area contributed by atoms with Gasteiger partial charge in [0, 0.05) is 29.9 Å². The van der Waals surface area contributed by atoms with E-state index in [4.69, 9.17) is 4.74 Å². The lowest BCUT2D eigenvalue weighted by atomic mass is 10.1. The van der Waals surface area contributed by atoms with Crippen molar-refractivity contribution in [2.45, 2.75) is 13.3 Å². The quantitative estimate of drug-likeness (QED) is 0.569. The maximum Gasteiger partial charge on any atom is 0.258 e. The number of pyridine rings is 1. The van der Waals surface area contributed by atoms with Crippen LogP contribution in [0, 0.1) is 6.92 Å². The Balaban J connectivity index is 1.69. The van der Waals surface area contributed by atoms with Crippen molar-refractivity contribution in [1.82, 2.24) is 19.6 Å². The van der Waals surface area contributed by atoms with Gasteiger partial charge in [-0.3, -0.25) is 9.78 Å². The third-order valence-corrected chi connectivity index (χ3v) is 4.35. The highest BCUT2D eigenvalue weighted by atomic mass is 16.5. The molecule has 0 spiro atoms. The number of para-hydroxylation sites is 1. The van der Waals surface area contributed by atoms with Gasteiger partial charge in [0.25, 0.3) is 5.56 Å². The van der Waals surface area contributed by atoms with Crippen molar-refractivity contribution >= 4 is 5.65 Å². The molecule has 27 heavy (non-hydrogen) atoms. The summed E-state index contributed by atoms with van der Waals surface area (Å²) in [6.07, 6.45) is 3.63. The van der Waals surface area contributed by atoms with Crippen LogP contribution in [0.5, 0.6) is 11.6 Å². The highest BCUT2D eigenvalue weighted by molar-refractivity contribution is 5.79. The lowest BCUT2D eigenvalue weighted by Crippen LogP contribution is -2.18. The molecule has 0 aliphatic rings. The van der Waals surface area contributed by atoms with Crippen LogP contribution >= 0.6 is 0 Å². The number of H-pyrrole nitrogens is 1. The minimum absolute atomic E-state index is 0.177. The van der Waals surface area contributed by atoms with Crippen LogP contribution in [0.3, 0.4) is 0 Å². The molecule has 0 amide bonds. The van der Waals surface area contributed by atoms with Crippen LogP contribution in [0.2, 0.25) is 0 Å². The number of ether oxygens (including phenoxy) is 1. The van der Waals surface area contributed by atoms with Crippen molar-refractivity contribution in [3.05, 3.63) is 76.5 Å². The molecule has 7 heteroatoms. The summed E-state index contributed by atoms with van der Waals surface area (Å²) in [5, 5.41) is 15.0. The molecule has 0 aliphatic heterocycles. The van der Waals surface area contributed by atoms with Gasteiger partial charge in [0.15, 0.2) is 0 Å². The Morgan fingerprint density at radius 2 is 2.00 bits per heavy atom. The smallest absolute Gasteiger partial charge is 0.258 e. The Labute approximate surface area is 154 Å². The average molecular weight is 362 g/mol. The Hall–Kier alpha value is -3.61. The van der Waals surface area contributed by atoms with E-state index in [1.54, 1.807) is 12.4 Å². The molecule has 4 aromatic rings. The third kappa shape index (κ3) is 3.15. The predicted octanol–water partition coefficient (Wildman–Crippen LogP) is 2.72. The van der Waals surface area contributed by atoms with Gasteiger partial charge in [0.1, 0.15) is 11.4 Å². The van der Waals surface area contributed by atoms with Gasteiger partial charge in [0.2, 0.25) is 5.88 Å². The molecule has 0 atom stereocenters. The van der Waals surface area contributed by atoms with Crippen molar-refractivity contribution in [3.63, 3.8) is 0 Å². The van der Waals surface area contributed by atoms with Crippen LogP contribution in [-0.4, -0.2) is 31.3 Å². The number of nitrogens with one attached hydrogen (secondary N) is 1. The fourth-order valence-electron chi connectivity index (χ4n) is 3.08. The summed E-state index contributed by atoms with van der Waals surface area (Å²) in [7, 11) is 0. The molecule has 0 aliphatic carbocycles. The number of benzene rings is 1. The van der Waals surface area contributed by atoms with Crippen molar-refractivity contribution < 1.29 is 9.84 Å². The maximum absolute atomic E-state index is 12.6. The van der Waals surface area contributed by atoms with E-state index in [0.29, 0.717) is 17.1 Å². The summed E-state index contributed by atoms with van der Waals surface area (Å²) in [5.74, 6) is 0.534. The lowest BCUT2D eigenvalue weighted by Gasteiger charge is -2.08. The summed E-state index contributed by atoms with van der Waals surface area (Å²) < 4.78 is 6.99. The molecule has 0 unspecified atom stereocenters. The van der Waals surface area contributed by atoms with E-state index >= 15 is 0 Å². The number of aryl methyl sites for hydroxylation is 1. The number of hydrogen-bond donors (Lipinski definition) is 2. The van der Waals surface area contributed by atoms with Crippen LogP contribution in [-0.2, 0) is 6.42 Å². The summed E-state index contributed by atoms with van der Waals surface area (Å²) in [5.41, 5.74) is 2.56. The molecular formula is C20H18N4O3. The second-order valence-electron chi connectivity index (χ2n) is 6.13. The molecule has 7 nitrogen and oxygen atoms in total. The first-order chi connectivity index (χ1) is 13.1. The van der Waals surface area contributed by atoms with E-state index in [9.17, 15) is 9.90 Å². The molecule has 0 bridgehead atoms. The van der Waals surface area contributed by atoms with E-state index in [1.807, 2.05) is 49.4 Å². The zero-order valence-electron chi connectivity index (χ0n) is 14.7. The molecule has 136 valence electrons. The highest BCUT2D eigenvalue weighted by Crippen LogP contribution is 2.28. The van der Waals surface area contributed by atoms with E-state index in [-0.39, 0.29) is 30.0 Å². The van der Waals surface area contributed by atoms with Gasteiger partial charge in [-0.05, 0) is 25.1 Å². The average Bonchev–Trinajstić information content (AvgIpc) is 3.02. The lowest BCUT2D eigenvalue weighted by molar-refractivity contribution is 0.317. The fraction of sp³-hybridized carbons (Fsp3) is 0.150. The molecule has 0 saturated carbocycles. The standard InChI is InChI=1S/C20H18N4O3/c1-13-17(14-6-5-10-21-12-14)18-22-19(25)16(20(26)24(18)23-13)9-11-27-15-7-3-2-4-8-15/h2-8,10,12,26H,9,11H2,1H3,(H,22,25). The molecular weight excluding hydrogens is 344 g/mol. The van der Waals surface area contributed by atoms with Crippen LogP contribution < -0.4 is 10.3 Å². The molecule has 0 fully saturated rings. The minimum Gasteiger partial charge on any atom is -0.493 e. The van der Waals surface area contributed by atoms with Crippen LogP contribution in [0.4, 0.5) is 0 Å². The number of rotatable bonds is 5. The summed E-state index contributed by atoms with van der Waals surface area (Å²) in [6, 6.07) is 13.0. The molecule has 0 saturated heterocycles. The van der Waals surface area contributed by atoms with Crippen molar-refractivity contribution in [2.75, 3.05) is 6.61 Å². The molecule has 0 radical (unpaired) electrons. The minimum atomic E-state index is -0.360. The fourth-order valence-corrected chi connectivity index (χ4v) is 3.08. The van der Waals surface area contributed by atoms with Gasteiger partial charge in [-0.15, -0.1) is 0 Å². The highest BCUT2D eigenvalue weighted by Gasteiger charge is 2.19. The second-order valence-corrected chi connectivity index (χ2v) is 6.13. The summed E-state index contributed by atoms with van der Waals surface area (Å²) in [6.45, 7) is 2.09. The zero-order chi connectivity index (χ0) is 18.8. The van der Waals surface area contributed by atoms with Gasteiger partial charge in [-0.25, -0.2) is 0 Å². The monoisotopic (exact) mass is 362 g/mol. The first-order valence-electron chi connectivity index (χ1n) is 8.57. The van der Waals surface area contributed by atoms with Crippen LogP contribution in [0.1, 0.15) is 11.3 Å². The van der Waals surface area contributed by atoms with Crippen molar-refractivity contribution in [1.29, 1.82) is 0 Å². The predicted molar refractivity (Wildman–Crippen MR) is 101 cm³/mol. The summed E-state index contributed by atoms with van der Waals surface area (Å²) in [4.78, 5) is 19.5. The van der Waals surface area contributed by atoms with Crippen LogP contribution in [0.25, 0.3) is 16.8 Å². The molecule has 3 heterocycles. The van der Waals surface area contributed by atoms with E-state index < -0.39 is 0 Å². The van der Waals surface area contributed by atoms with Crippen LogP contribution in [0.15, 0.2) is 59.7 Å². The maximum atomic E-state index is 12.6. The SMILES string of the molecule is Cc1nn2c(O)c(CCOc3ccccc3)c(=O)[nH]c2c1-c1cccnc1. The molecule has 3 aromatic heterocycles. The number of hydrogen-bond acceptors (Lipinski definition) is 5. The first kappa shape index (κ1) is 16.8. The number of aromatic nitrogens is 4. The van der Waals surface area contributed by atoms with Gasteiger partial charge >= 0.3 is 0 Å². The number of aromatic hydroxyl groups is 1.